The molecule has 1 fully saturated rings. The molecule has 0 radical (unpaired) electrons. The number of rotatable bonds is 4. The maximum absolute atomic E-state index is 12.1. The molecule has 0 aliphatic carbocycles. The van der Waals surface area contributed by atoms with Gasteiger partial charge in [0.25, 0.3) is 5.91 Å². The van der Waals surface area contributed by atoms with Gasteiger partial charge < -0.3 is 10.0 Å². The second-order valence-corrected chi connectivity index (χ2v) is 6.09. The van der Waals surface area contributed by atoms with Crippen LogP contribution in [0, 0.1) is 0 Å². The largest absolute Gasteiger partial charge is 0.389 e. The molecule has 1 aliphatic heterocycles. The second-order valence-electron chi connectivity index (χ2n) is 5.04. The lowest BCUT2D eigenvalue weighted by atomic mass is 10.1. The number of carbonyl (C=O) groups is 1. The average molecular weight is 300 g/mol. The molecule has 5 heteroatoms. The SMILES string of the molecule is O=C(c1ccc(SCc2cccnc2)cc1)N1CC(O)C1. The van der Waals surface area contributed by atoms with Crippen LogP contribution in [-0.2, 0) is 5.75 Å². The first-order valence-corrected chi connectivity index (χ1v) is 7.80. The number of aromatic nitrogens is 1. The highest BCUT2D eigenvalue weighted by molar-refractivity contribution is 7.98. The monoisotopic (exact) mass is 300 g/mol. The summed E-state index contributed by atoms with van der Waals surface area (Å²) in [7, 11) is 0. The van der Waals surface area contributed by atoms with Gasteiger partial charge in [-0.15, -0.1) is 11.8 Å². The van der Waals surface area contributed by atoms with Crippen LogP contribution in [-0.4, -0.2) is 40.1 Å². The third-order valence-corrected chi connectivity index (χ3v) is 4.46. The van der Waals surface area contributed by atoms with E-state index in [1.807, 2.05) is 42.6 Å². The van der Waals surface area contributed by atoms with E-state index < -0.39 is 0 Å². The number of hydrogen-bond donors (Lipinski definition) is 1. The van der Waals surface area contributed by atoms with Gasteiger partial charge in [-0.05, 0) is 35.9 Å². The van der Waals surface area contributed by atoms with Crippen LogP contribution in [0.25, 0.3) is 0 Å². The van der Waals surface area contributed by atoms with E-state index in [2.05, 4.69) is 4.98 Å². The number of aliphatic hydroxyl groups is 1. The molecule has 1 saturated heterocycles. The zero-order chi connectivity index (χ0) is 14.7. The molecule has 4 nitrogen and oxygen atoms in total. The maximum atomic E-state index is 12.1. The number of β-amino-alcohol motifs (C(OH)–C–C–N with tert-alkyl or cyclic N) is 1. The minimum Gasteiger partial charge on any atom is -0.389 e. The first kappa shape index (κ1) is 14.1. The van der Waals surface area contributed by atoms with Crippen molar-refractivity contribution in [2.45, 2.75) is 16.8 Å². The van der Waals surface area contributed by atoms with Crippen LogP contribution in [0.5, 0.6) is 0 Å². The number of hydrogen-bond acceptors (Lipinski definition) is 4. The lowest BCUT2D eigenvalue weighted by molar-refractivity contribution is 0.00589. The number of aliphatic hydroxyl groups excluding tert-OH is 1. The molecule has 1 aliphatic rings. The molecule has 21 heavy (non-hydrogen) atoms. The molecular weight excluding hydrogens is 284 g/mol. The number of carbonyl (C=O) groups excluding carboxylic acids is 1. The molecule has 1 amide bonds. The van der Waals surface area contributed by atoms with Gasteiger partial charge >= 0.3 is 0 Å². The molecular formula is C16H16N2O2S. The summed E-state index contributed by atoms with van der Waals surface area (Å²) < 4.78 is 0. The first-order valence-electron chi connectivity index (χ1n) is 6.81. The number of pyridine rings is 1. The Hall–Kier alpha value is -1.85. The number of benzene rings is 1. The second kappa shape index (κ2) is 6.28. The zero-order valence-corrected chi connectivity index (χ0v) is 12.3. The molecule has 1 aromatic carbocycles. The summed E-state index contributed by atoms with van der Waals surface area (Å²) in [5.74, 6) is 0.850. The van der Waals surface area contributed by atoms with Crippen molar-refractivity contribution in [2.24, 2.45) is 0 Å². The summed E-state index contributed by atoms with van der Waals surface area (Å²) in [6.45, 7) is 0.882. The molecule has 0 atom stereocenters. The van der Waals surface area contributed by atoms with Crippen LogP contribution in [0.4, 0.5) is 0 Å². The molecule has 0 bridgehead atoms. The summed E-state index contributed by atoms with van der Waals surface area (Å²) in [5.41, 5.74) is 1.85. The van der Waals surface area contributed by atoms with E-state index in [-0.39, 0.29) is 12.0 Å². The third-order valence-electron chi connectivity index (χ3n) is 3.38. The first-order chi connectivity index (χ1) is 10.2. The number of nitrogens with zero attached hydrogens (tertiary/aromatic N) is 2. The van der Waals surface area contributed by atoms with Gasteiger partial charge in [-0.25, -0.2) is 0 Å². The molecule has 0 unspecified atom stereocenters. The minimum absolute atomic E-state index is 0.0101. The van der Waals surface area contributed by atoms with Crippen molar-refractivity contribution < 1.29 is 9.90 Å². The van der Waals surface area contributed by atoms with E-state index in [0.717, 1.165) is 10.6 Å². The summed E-state index contributed by atoms with van der Waals surface area (Å²) >= 11 is 1.72. The Bertz CT molecular complexity index is 610. The fourth-order valence-corrected chi connectivity index (χ4v) is 2.98. The molecule has 2 heterocycles. The topological polar surface area (TPSA) is 53.4 Å². The smallest absolute Gasteiger partial charge is 0.254 e. The quantitative estimate of drug-likeness (QED) is 0.880. The van der Waals surface area contributed by atoms with E-state index in [4.69, 9.17) is 0 Å². The lowest BCUT2D eigenvalue weighted by Gasteiger charge is -2.35. The fourth-order valence-electron chi connectivity index (χ4n) is 2.15. The van der Waals surface area contributed by atoms with Crippen molar-refractivity contribution in [3.63, 3.8) is 0 Å². The van der Waals surface area contributed by atoms with Crippen molar-refractivity contribution in [3.05, 3.63) is 59.9 Å². The van der Waals surface area contributed by atoms with Gasteiger partial charge in [0.1, 0.15) is 0 Å². The summed E-state index contributed by atoms with van der Waals surface area (Å²) in [6.07, 6.45) is 3.27. The number of likely N-dealkylation sites (tertiary alicyclic amines) is 1. The molecule has 108 valence electrons. The van der Waals surface area contributed by atoms with Gasteiger partial charge in [-0.1, -0.05) is 6.07 Å². The van der Waals surface area contributed by atoms with Crippen molar-refractivity contribution in [1.29, 1.82) is 0 Å². The van der Waals surface area contributed by atoms with Gasteiger partial charge in [-0.3, -0.25) is 9.78 Å². The Balaban J connectivity index is 1.58. The van der Waals surface area contributed by atoms with E-state index in [1.54, 1.807) is 22.9 Å². The molecule has 3 rings (SSSR count). The fraction of sp³-hybridized carbons (Fsp3) is 0.250. The Morgan fingerprint density at radius 3 is 2.67 bits per heavy atom. The van der Waals surface area contributed by atoms with Gasteiger partial charge in [0.15, 0.2) is 0 Å². The Morgan fingerprint density at radius 1 is 1.29 bits per heavy atom. The Morgan fingerprint density at radius 2 is 2.05 bits per heavy atom. The van der Waals surface area contributed by atoms with Crippen molar-refractivity contribution in [3.8, 4) is 0 Å². The van der Waals surface area contributed by atoms with Gasteiger partial charge in [-0.2, -0.15) is 0 Å². The minimum atomic E-state index is -0.358. The van der Waals surface area contributed by atoms with Gasteiger partial charge in [0.2, 0.25) is 0 Å². The van der Waals surface area contributed by atoms with Gasteiger partial charge in [0.05, 0.1) is 6.10 Å². The lowest BCUT2D eigenvalue weighted by Crippen LogP contribution is -2.53. The summed E-state index contributed by atoms with van der Waals surface area (Å²) in [6, 6.07) is 11.6. The molecule has 2 aromatic rings. The van der Waals surface area contributed by atoms with Crippen LogP contribution < -0.4 is 0 Å². The van der Waals surface area contributed by atoms with Crippen LogP contribution >= 0.6 is 11.8 Å². The third kappa shape index (κ3) is 3.43. The van der Waals surface area contributed by atoms with Crippen LogP contribution in [0.1, 0.15) is 15.9 Å². The molecule has 0 spiro atoms. The van der Waals surface area contributed by atoms with E-state index in [9.17, 15) is 9.90 Å². The molecule has 0 saturated carbocycles. The summed E-state index contributed by atoms with van der Waals surface area (Å²) in [4.78, 5) is 18.9. The van der Waals surface area contributed by atoms with Gasteiger partial charge in [0, 0.05) is 41.7 Å². The van der Waals surface area contributed by atoms with Crippen LogP contribution in [0.2, 0.25) is 0 Å². The predicted molar refractivity (Wildman–Crippen MR) is 82.2 cm³/mol. The molecule has 1 aromatic heterocycles. The highest BCUT2D eigenvalue weighted by Crippen LogP contribution is 2.23. The normalized spacial score (nSPS) is 14.8. The average Bonchev–Trinajstić information content (AvgIpc) is 2.51. The standard InChI is InChI=1S/C16H16N2O2S/c19-14-9-18(10-14)16(20)13-3-5-15(6-4-13)21-11-12-2-1-7-17-8-12/h1-8,14,19H,9-11H2. The number of thioether (sulfide) groups is 1. The highest BCUT2D eigenvalue weighted by atomic mass is 32.2. The summed E-state index contributed by atoms with van der Waals surface area (Å²) in [5, 5.41) is 9.23. The van der Waals surface area contributed by atoms with Crippen LogP contribution in [0.3, 0.4) is 0 Å². The van der Waals surface area contributed by atoms with Crippen LogP contribution in [0.15, 0.2) is 53.7 Å². The zero-order valence-electron chi connectivity index (χ0n) is 11.5. The molecule has 1 N–H and O–H groups in total. The van der Waals surface area contributed by atoms with Crippen molar-refractivity contribution in [2.75, 3.05) is 13.1 Å². The predicted octanol–water partition coefficient (Wildman–Crippen LogP) is 2.19. The van der Waals surface area contributed by atoms with Crippen molar-refractivity contribution >= 4 is 17.7 Å². The van der Waals surface area contributed by atoms with E-state index >= 15 is 0 Å². The Labute approximate surface area is 127 Å². The van der Waals surface area contributed by atoms with E-state index in [1.165, 1.54) is 5.56 Å². The Kier molecular flexibility index (Phi) is 4.22. The number of amides is 1. The maximum Gasteiger partial charge on any atom is 0.254 e. The highest BCUT2D eigenvalue weighted by Gasteiger charge is 2.29. The van der Waals surface area contributed by atoms with Crippen molar-refractivity contribution in [1.82, 2.24) is 9.88 Å². The van der Waals surface area contributed by atoms with E-state index in [0.29, 0.717) is 18.7 Å².